The number of rotatable bonds is 2. The van der Waals surface area contributed by atoms with E-state index in [1.54, 1.807) is 0 Å². The van der Waals surface area contributed by atoms with Crippen molar-refractivity contribution < 1.29 is 8.78 Å². The summed E-state index contributed by atoms with van der Waals surface area (Å²) in [6.45, 7) is 0. The predicted molar refractivity (Wildman–Crippen MR) is 53.9 cm³/mol. The van der Waals surface area contributed by atoms with Crippen LogP contribution in [0.2, 0.25) is 0 Å². The highest BCUT2D eigenvalue weighted by Gasteiger charge is 2.00. The topological polar surface area (TPSA) is 50.4 Å². The zero-order valence-electron chi connectivity index (χ0n) is 7.00. The van der Waals surface area contributed by atoms with Gasteiger partial charge < -0.3 is 5.73 Å². The van der Waals surface area contributed by atoms with Crippen molar-refractivity contribution in [2.24, 2.45) is 10.8 Å². The lowest BCUT2D eigenvalue weighted by Gasteiger charge is -1.96. The van der Waals surface area contributed by atoms with E-state index in [2.05, 4.69) is 22.7 Å². The molecule has 3 nitrogen and oxygen atoms in total. The van der Waals surface area contributed by atoms with Gasteiger partial charge in [0.05, 0.1) is 6.21 Å². The van der Waals surface area contributed by atoms with E-state index in [-0.39, 0.29) is 10.7 Å². The van der Waals surface area contributed by atoms with E-state index >= 15 is 0 Å². The van der Waals surface area contributed by atoms with Gasteiger partial charge in [-0.2, -0.15) is 5.10 Å². The van der Waals surface area contributed by atoms with Crippen LogP contribution in [0, 0.1) is 11.6 Å². The van der Waals surface area contributed by atoms with Gasteiger partial charge in [-0.1, -0.05) is 0 Å². The molecule has 0 heterocycles. The van der Waals surface area contributed by atoms with Crippen LogP contribution in [0.4, 0.5) is 8.78 Å². The van der Waals surface area contributed by atoms with Crippen LogP contribution < -0.4 is 11.2 Å². The molecule has 6 heteroatoms. The van der Waals surface area contributed by atoms with Crippen LogP contribution in [-0.4, -0.2) is 11.3 Å². The first-order valence-corrected chi connectivity index (χ1v) is 4.04. The Hall–Kier alpha value is -1.56. The van der Waals surface area contributed by atoms with E-state index in [1.807, 2.05) is 0 Å². The number of hydrogen-bond donors (Lipinski definition) is 2. The molecule has 0 amide bonds. The number of hydrogen-bond acceptors (Lipinski definition) is 2. The number of nitrogens with zero attached hydrogens (tertiary/aromatic N) is 1. The number of halogens is 2. The third kappa shape index (κ3) is 3.06. The fourth-order valence-corrected chi connectivity index (χ4v) is 0.824. The molecule has 0 aromatic heterocycles. The highest BCUT2D eigenvalue weighted by molar-refractivity contribution is 7.80. The van der Waals surface area contributed by atoms with E-state index in [9.17, 15) is 8.78 Å². The van der Waals surface area contributed by atoms with Gasteiger partial charge in [0, 0.05) is 11.6 Å². The Morgan fingerprint density at radius 3 is 2.79 bits per heavy atom. The summed E-state index contributed by atoms with van der Waals surface area (Å²) in [5, 5.41) is 3.50. The summed E-state index contributed by atoms with van der Waals surface area (Å²) >= 11 is 4.46. The van der Waals surface area contributed by atoms with Gasteiger partial charge in [-0.15, -0.1) is 0 Å². The van der Waals surface area contributed by atoms with Gasteiger partial charge in [-0.3, -0.25) is 5.43 Å². The van der Waals surface area contributed by atoms with Gasteiger partial charge in [-0.25, -0.2) is 8.78 Å². The van der Waals surface area contributed by atoms with Crippen LogP contribution in [0.5, 0.6) is 0 Å². The lowest BCUT2D eigenvalue weighted by atomic mass is 10.2. The molecule has 0 atom stereocenters. The molecule has 0 bridgehead atoms. The number of benzene rings is 1. The van der Waals surface area contributed by atoms with Crippen LogP contribution in [0.15, 0.2) is 23.3 Å². The maximum Gasteiger partial charge on any atom is 0.184 e. The van der Waals surface area contributed by atoms with Gasteiger partial charge in [0.25, 0.3) is 0 Å². The van der Waals surface area contributed by atoms with Crippen molar-refractivity contribution in [2.75, 3.05) is 0 Å². The molecule has 0 radical (unpaired) electrons. The van der Waals surface area contributed by atoms with Gasteiger partial charge in [0.15, 0.2) is 5.11 Å². The summed E-state index contributed by atoms with van der Waals surface area (Å²) < 4.78 is 25.4. The molecule has 0 aliphatic heterocycles. The Kier molecular flexibility index (Phi) is 3.47. The molecular formula is C8H7F2N3S. The number of thiocarbonyl (C=S) groups is 1. The Balaban J connectivity index is 2.76. The van der Waals surface area contributed by atoms with Gasteiger partial charge in [0.2, 0.25) is 0 Å². The lowest BCUT2D eigenvalue weighted by Crippen LogP contribution is -2.24. The Morgan fingerprint density at radius 2 is 2.21 bits per heavy atom. The normalized spacial score (nSPS) is 10.4. The summed E-state index contributed by atoms with van der Waals surface area (Å²) in [7, 11) is 0. The quantitative estimate of drug-likeness (QED) is 0.442. The lowest BCUT2D eigenvalue weighted by molar-refractivity contribution is 0.582. The molecule has 0 unspecified atom stereocenters. The summed E-state index contributed by atoms with van der Waals surface area (Å²) in [4.78, 5) is 0. The van der Waals surface area contributed by atoms with Gasteiger partial charge in [-0.05, 0) is 24.4 Å². The minimum atomic E-state index is -0.696. The molecule has 0 spiro atoms. The maximum absolute atomic E-state index is 13.0. The molecule has 0 fully saturated rings. The van der Waals surface area contributed by atoms with Crippen molar-refractivity contribution in [2.45, 2.75) is 0 Å². The third-order valence-electron chi connectivity index (χ3n) is 1.34. The molecular weight excluding hydrogens is 208 g/mol. The molecule has 0 aliphatic rings. The summed E-state index contributed by atoms with van der Waals surface area (Å²) in [6.07, 6.45) is 1.16. The van der Waals surface area contributed by atoms with E-state index in [4.69, 9.17) is 5.73 Å². The molecule has 3 N–H and O–H groups in total. The molecule has 74 valence electrons. The monoisotopic (exact) mass is 215 g/mol. The summed E-state index contributed by atoms with van der Waals surface area (Å²) in [6, 6.07) is 3.16. The Labute approximate surface area is 84.6 Å². The van der Waals surface area contributed by atoms with E-state index in [0.29, 0.717) is 0 Å². The van der Waals surface area contributed by atoms with Crippen molar-refractivity contribution >= 4 is 23.5 Å². The van der Waals surface area contributed by atoms with Crippen molar-refractivity contribution in [3.8, 4) is 0 Å². The zero-order valence-corrected chi connectivity index (χ0v) is 7.81. The third-order valence-corrected chi connectivity index (χ3v) is 1.43. The minimum Gasteiger partial charge on any atom is -0.375 e. The first-order chi connectivity index (χ1) is 6.59. The summed E-state index contributed by atoms with van der Waals surface area (Å²) in [5.41, 5.74) is 7.47. The fraction of sp³-hybridized carbons (Fsp3) is 0. The molecule has 1 aromatic rings. The fourth-order valence-electron chi connectivity index (χ4n) is 0.772. The SMILES string of the molecule is NC(=S)NN=Cc1ccc(F)cc1F. The van der Waals surface area contributed by atoms with Gasteiger partial charge >= 0.3 is 0 Å². The molecule has 14 heavy (non-hydrogen) atoms. The average Bonchev–Trinajstić information content (AvgIpc) is 2.08. The molecule has 0 aliphatic carbocycles. The molecule has 1 rings (SSSR count). The standard InChI is InChI=1S/C8H7F2N3S/c9-6-2-1-5(7(10)3-6)4-12-13-8(11)14/h1-4H,(H3,11,13,14). The van der Waals surface area contributed by atoms with E-state index < -0.39 is 11.6 Å². The number of nitrogens with two attached hydrogens (primary N) is 1. The van der Waals surface area contributed by atoms with Crippen LogP contribution in [0.3, 0.4) is 0 Å². The second kappa shape index (κ2) is 4.61. The van der Waals surface area contributed by atoms with Crippen molar-refractivity contribution in [3.05, 3.63) is 35.4 Å². The van der Waals surface area contributed by atoms with Crippen molar-refractivity contribution in [1.82, 2.24) is 5.43 Å². The Morgan fingerprint density at radius 1 is 1.50 bits per heavy atom. The smallest absolute Gasteiger partial charge is 0.184 e. The molecule has 0 saturated carbocycles. The van der Waals surface area contributed by atoms with E-state index in [0.717, 1.165) is 18.3 Å². The largest absolute Gasteiger partial charge is 0.375 e. The van der Waals surface area contributed by atoms with Crippen molar-refractivity contribution in [1.29, 1.82) is 0 Å². The first-order valence-electron chi connectivity index (χ1n) is 3.63. The van der Waals surface area contributed by atoms with E-state index in [1.165, 1.54) is 6.07 Å². The zero-order chi connectivity index (χ0) is 10.6. The summed E-state index contributed by atoms with van der Waals surface area (Å²) in [5.74, 6) is -1.33. The second-order valence-electron chi connectivity index (χ2n) is 2.40. The number of hydrazone groups is 1. The first kappa shape index (κ1) is 10.5. The number of nitrogens with one attached hydrogen (secondary N) is 1. The van der Waals surface area contributed by atoms with Crippen molar-refractivity contribution in [3.63, 3.8) is 0 Å². The highest BCUT2D eigenvalue weighted by Crippen LogP contribution is 2.06. The molecule has 0 saturated heterocycles. The van der Waals surface area contributed by atoms with Crippen LogP contribution in [-0.2, 0) is 0 Å². The highest BCUT2D eigenvalue weighted by atomic mass is 32.1. The van der Waals surface area contributed by atoms with Crippen LogP contribution in [0.25, 0.3) is 0 Å². The predicted octanol–water partition coefficient (Wildman–Crippen LogP) is 1.13. The van der Waals surface area contributed by atoms with Crippen LogP contribution in [0.1, 0.15) is 5.56 Å². The second-order valence-corrected chi connectivity index (χ2v) is 2.84. The average molecular weight is 215 g/mol. The minimum absolute atomic E-state index is 0.0243. The molecule has 1 aromatic carbocycles. The maximum atomic E-state index is 13.0. The van der Waals surface area contributed by atoms with Crippen LogP contribution >= 0.6 is 12.2 Å². The Bertz CT molecular complexity index is 379. The van der Waals surface area contributed by atoms with Gasteiger partial charge in [0.1, 0.15) is 11.6 Å².